The molecule has 0 aliphatic heterocycles. The van der Waals surface area contributed by atoms with Crippen molar-refractivity contribution in [3.63, 3.8) is 0 Å². The fourth-order valence-corrected chi connectivity index (χ4v) is 3.49. The Balaban J connectivity index is 1.97. The van der Waals surface area contributed by atoms with Gasteiger partial charge in [0.05, 0.1) is 5.75 Å². The summed E-state index contributed by atoms with van der Waals surface area (Å²) in [6.45, 7) is 2.02. The highest BCUT2D eigenvalue weighted by molar-refractivity contribution is 9.10. The number of Topliss-reactive ketones (excluding diaryl/α,β-unsaturated/α-hetero) is 1. The summed E-state index contributed by atoms with van der Waals surface area (Å²) in [5, 5.41) is 1.93. The number of carbonyl (C=O) groups excluding carboxylic acids is 1. The second kappa shape index (κ2) is 5.85. The Morgan fingerprint density at radius 1 is 1.41 bits per heavy atom. The number of carbonyl (C=O) groups is 1. The van der Waals surface area contributed by atoms with Gasteiger partial charge in [0.15, 0.2) is 5.78 Å². The Morgan fingerprint density at radius 2 is 2.24 bits per heavy atom. The molecular weight excluding hydrogens is 316 g/mol. The first-order valence-electron chi connectivity index (χ1n) is 5.12. The van der Waals surface area contributed by atoms with Crippen LogP contribution in [0.3, 0.4) is 0 Å². The van der Waals surface area contributed by atoms with E-state index >= 15 is 0 Å². The minimum Gasteiger partial charge on any atom is -0.293 e. The quantitative estimate of drug-likeness (QED) is 0.593. The van der Waals surface area contributed by atoms with Crippen molar-refractivity contribution in [3.8, 4) is 0 Å². The molecule has 1 heterocycles. The molecule has 17 heavy (non-hydrogen) atoms. The minimum absolute atomic E-state index is 0.194. The third kappa shape index (κ3) is 3.69. The van der Waals surface area contributed by atoms with Gasteiger partial charge in [-0.1, -0.05) is 22.0 Å². The van der Waals surface area contributed by atoms with Gasteiger partial charge in [-0.25, -0.2) is 0 Å². The van der Waals surface area contributed by atoms with Crippen LogP contribution in [0.4, 0.5) is 0 Å². The summed E-state index contributed by atoms with van der Waals surface area (Å²) in [5.41, 5.74) is 0.829. The molecule has 0 aliphatic rings. The van der Waals surface area contributed by atoms with Crippen LogP contribution in [0, 0.1) is 6.92 Å². The number of thioether (sulfide) groups is 1. The molecule has 2 aromatic rings. The lowest BCUT2D eigenvalue weighted by molar-refractivity contribution is 0.102. The standard InChI is InChI=1S/C13H11BrOS2/c1-9-5-10(7-16-9)13(15)8-17-12-4-2-3-11(14)6-12/h2-7H,8H2,1H3. The van der Waals surface area contributed by atoms with Gasteiger partial charge in [-0.2, -0.15) is 0 Å². The molecule has 4 heteroatoms. The largest absolute Gasteiger partial charge is 0.293 e. The van der Waals surface area contributed by atoms with Crippen LogP contribution >= 0.6 is 39.0 Å². The van der Waals surface area contributed by atoms with Crippen LogP contribution in [-0.4, -0.2) is 11.5 Å². The molecule has 0 N–H and O–H groups in total. The highest BCUT2D eigenvalue weighted by atomic mass is 79.9. The van der Waals surface area contributed by atoms with E-state index in [1.165, 1.54) is 4.88 Å². The molecule has 0 saturated heterocycles. The van der Waals surface area contributed by atoms with Gasteiger partial charge in [0.2, 0.25) is 0 Å². The van der Waals surface area contributed by atoms with E-state index in [-0.39, 0.29) is 5.78 Å². The fourth-order valence-electron chi connectivity index (χ4n) is 1.38. The maximum atomic E-state index is 11.9. The van der Waals surface area contributed by atoms with Crippen molar-refractivity contribution >= 4 is 44.8 Å². The van der Waals surface area contributed by atoms with Crippen LogP contribution in [0.1, 0.15) is 15.2 Å². The third-order valence-electron chi connectivity index (χ3n) is 2.22. The molecule has 0 bridgehead atoms. The molecule has 2 rings (SSSR count). The van der Waals surface area contributed by atoms with Crippen LogP contribution in [0.5, 0.6) is 0 Å². The van der Waals surface area contributed by atoms with Gasteiger partial charge in [-0.15, -0.1) is 23.1 Å². The zero-order valence-electron chi connectivity index (χ0n) is 9.27. The van der Waals surface area contributed by atoms with Crippen LogP contribution in [-0.2, 0) is 0 Å². The predicted octanol–water partition coefficient (Wildman–Crippen LogP) is 4.79. The Morgan fingerprint density at radius 3 is 2.88 bits per heavy atom. The second-order valence-electron chi connectivity index (χ2n) is 3.62. The van der Waals surface area contributed by atoms with Crippen molar-refractivity contribution in [3.05, 3.63) is 50.6 Å². The third-order valence-corrected chi connectivity index (χ3v) is 4.57. The monoisotopic (exact) mass is 326 g/mol. The molecule has 0 aliphatic carbocycles. The van der Waals surface area contributed by atoms with Crippen LogP contribution in [0.2, 0.25) is 0 Å². The van der Waals surface area contributed by atoms with Crippen LogP contribution < -0.4 is 0 Å². The zero-order chi connectivity index (χ0) is 12.3. The van der Waals surface area contributed by atoms with Gasteiger partial charge in [0.25, 0.3) is 0 Å². The summed E-state index contributed by atoms with van der Waals surface area (Å²) >= 11 is 6.61. The maximum Gasteiger partial charge on any atom is 0.173 e. The van der Waals surface area contributed by atoms with Gasteiger partial charge >= 0.3 is 0 Å². The molecule has 0 radical (unpaired) electrons. The fraction of sp³-hybridized carbons (Fsp3) is 0.154. The molecule has 0 fully saturated rings. The summed E-state index contributed by atoms with van der Waals surface area (Å²) in [4.78, 5) is 14.2. The van der Waals surface area contributed by atoms with Crippen molar-refractivity contribution in [2.24, 2.45) is 0 Å². The number of thiophene rings is 1. The summed E-state index contributed by atoms with van der Waals surface area (Å²) in [6, 6.07) is 9.95. The lowest BCUT2D eigenvalue weighted by atomic mass is 10.2. The molecular formula is C13H11BrOS2. The molecule has 1 aromatic carbocycles. The topological polar surface area (TPSA) is 17.1 Å². The van der Waals surface area contributed by atoms with Crippen molar-refractivity contribution in [1.82, 2.24) is 0 Å². The highest BCUT2D eigenvalue weighted by Crippen LogP contribution is 2.23. The Labute approximate surface area is 117 Å². The van der Waals surface area contributed by atoms with E-state index in [0.717, 1.165) is 14.9 Å². The first-order chi connectivity index (χ1) is 8.15. The van der Waals surface area contributed by atoms with Crippen LogP contribution in [0.25, 0.3) is 0 Å². The van der Waals surface area contributed by atoms with Crippen molar-refractivity contribution in [2.75, 3.05) is 5.75 Å². The van der Waals surface area contributed by atoms with Crippen molar-refractivity contribution in [1.29, 1.82) is 0 Å². The number of hydrogen-bond donors (Lipinski definition) is 0. The Hall–Kier alpha value is -0.580. The maximum absolute atomic E-state index is 11.9. The van der Waals surface area contributed by atoms with Gasteiger partial charge in [-0.05, 0) is 31.2 Å². The van der Waals surface area contributed by atoms with E-state index in [9.17, 15) is 4.79 Å². The molecule has 0 amide bonds. The molecule has 88 valence electrons. The first kappa shape index (κ1) is 12.9. The summed E-state index contributed by atoms with van der Waals surface area (Å²) < 4.78 is 1.04. The smallest absolute Gasteiger partial charge is 0.173 e. The molecule has 1 aromatic heterocycles. The number of halogens is 1. The lowest BCUT2D eigenvalue weighted by Crippen LogP contribution is -2.00. The van der Waals surface area contributed by atoms with Gasteiger partial charge in [0, 0.05) is 25.2 Å². The molecule has 1 nitrogen and oxygen atoms in total. The van der Waals surface area contributed by atoms with E-state index in [0.29, 0.717) is 5.75 Å². The van der Waals surface area contributed by atoms with Crippen LogP contribution in [0.15, 0.2) is 45.1 Å². The molecule has 0 saturated carbocycles. The van der Waals surface area contributed by atoms with E-state index < -0.39 is 0 Å². The second-order valence-corrected chi connectivity index (χ2v) is 6.70. The van der Waals surface area contributed by atoms with E-state index in [1.54, 1.807) is 23.1 Å². The number of benzene rings is 1. The van der Waals surface area contributed by atoms with E-state index in [1.807, 2.05) is 42.6 Å². The molecule has 0 spiro atoms. The zero-order valence-corrected chi connectivity index (χ0v) is 12.5. The Kier molecular flexibility index (Phi) is 4.42. The SMILES string of the molecule is Cc1cc(C(=O)CSc2cccc(Br)c2)cs1. The summed E-state index contributed by atoms with van der Waals surface area (Å²) in [6.07, 6.45) is 0. The number of aryl methyl sites for hydroxylation is 1. The Bertz CT molecular complexity index is 534. The van der Waals surface area contributed by atoms with Crippen molar-refractivity contribution < 1.29 is 4.79 Å². The van der Waals surface area contributed by atoms with Crippen molar-refractivity contribution in [2.45, 2.75) is 11.8 Å². The first-order valence-corrected chi connectivity index (χ1v) is 7.77. The summed E-state index contributed by atoms with van der Waals surface area (Å²) in [5.74, 6) is 0.687. The number of hydrogen-bond acceptors (Lipinski definition) is 3. The molecule has 0 unspecified atom stereocenters. The summed E-state index contributed by atoms with van der Waals surface area (Å²) in [7, 11) is 0. The lowest BCUT2D eigenvalue weighted by Gasteiger charge is -2.00. The van der Waals surface area contributed by atoms with E-state index in [2.05, 4.69) is 15.9 Å². The van der Waals surface area contributed by atoms with E-state index in [4.69, 9.17) is 0 Å². The average Bonchev–Trinajstić information content (AvgIpc) is 2.73. The average molecular weight is 327 g/mol. The molecule has 0 atom stereocenters. The normalized spacial score (nSPS) is 10.5. The van der Waals surface area contributed by atoms with Gasteiger partial charge in [-0.3, -0.25) is 4.79 Å². The number of rotatable bonds is 4. The van der Waals surface area contributed by atoms with Gasteiger partial charge < -0.3 is 0 Å². The highest BCUT2D eigenvalue weighted by Gasteiger charge is 2.08. The minimum atomic E-state index is 0.194. The predicted molar refractivity (Wildman–Crippen MR) is 78.3 cm³/mol. The number of ketones is 1. The van der Waals surface area contributed by atoms with Gasteiger partial charge in [0.1, 0.15) is 0 Å².